The lowest BCUT2D eigenvalue weighted by atomic mass is 9.91. The summed E-state index contributed by atoms with van der Waals surface area (Å²) in [5, 5.41) is 12.3. The number of alkyl halides is 3. The number of hydrogen-bond acceptors (Lipinski definition) is 3. The molecule has 0 spiro atoms. The molecule has 0 aromatic heterocycles. The molecule has 1 rings (SSSR count). The average molecular weight is 340 g/mol. The van der Waals surface area contributed by atoms with Crippen LogP contribution in [-0.2, 0) is 4.74 Å². The topological polar surface area (TPSA) is 61.8 Å². The number of carbonyl (C=O) groups is 1. The van der Waals surface area contributed by atoms with Crippen LogP contribution in [0.3, 0.4) is 0 Å². The highest BCUT2D eigenvalue weighted by Gasteiger charge is 2.54. The zero-order valence-electron chi connectivity index (χ0n) is 13.9. The molecule has 0 saturated carbocycles. The van der Waals surface area contributed by atoms with E-state index in [4.69, 9.17) is 4.74 Å². The molecule has 0 aliphatic carbocycles. The summed E-state index contributed by atoms with van der Waals surface area (Å²) in [6, 6.07) is -0.395. The summed E-state index contributed by atoms with van der Waals surface area (Å²) >= 11 is 0. The van der Waals surface area contributed by atoms with E-state index in [0.29, 0.717) is 25.5 Å². The summed E-state index contributed by atoms with van der Waals surface area (Å²) in [6.45, 7) is 6.75. The van der Waals surface area contributed by atoms with Gasteiger partial charge in [0.2, 0.25) is 0 Å². The van der Waals surface area contributed by atoms with E-state index in [2.05, 4.69) is 5.32 Å². The van der Waals surface area contributed by atoms with Gasteiger partial charge in [-0.3, -0.25) is 0 Å². The largest absolute Gasteiger partial charge is 0.417 e. The minimum absolute atomic E-state index is 0.0389. The van der Waals surface area contributed by atoms with Crippen molar-refractivity contribution in [1.29, 1.82) is 0 Å². The predicted molar refractivity (Wildman–Crippen MR) is 80.1 cm³/mol. The number of carbonyl (C=O) groups excluding carboxylic acids is 1. The third kappa shape index (κ3) is 5.53. The first-order chi connectivity index (χ1) is 10.6. The Morgan fingerprint density at radius 2 is 1.91 bits per heavy atom. The Kier molecular flexibility index (Phi) is 7.13. The Bertz CT molecular complexity index is 381. The first kappa shape index (κ1) is 20.0. The number of halogens is 3. The second kappa shape index (κ2) is 8.19. The number of likely N-dealkylation sites (tertiary alicyclic amines) is 1. The molecule has 1 aliphatic heterocycles. The molecule has 1 heterocycles. The quantitative estimate of drug-likeness (QED) is 0.781. The van der Waals surface area contributed by atoms with Gasteiger partial charge in [-0.1, -0.05) is 13.8 Å². The van der Waals surface area contributed by atoms with Gasteiger partial charge in [-0.05, 0) is 19.3 Å². The van der Waals surface area contributed by atoms with E-state index in [0.717, 1.165) is 0 Å². The number of aliphatic hydroxyl groups is 1. The lowest BCUT2D eigenvalue weighted by Crippen LogP contribution is -2.56. The van der Waals surface area contributed by atoms with Gasteiger partial charge in [0.1, 0.15) is 0 Å². The zero-order valence-corrected chi connectivity index (χ0v) is 13.9. The smallest absolute Gasteiger partial charge is 0.380 e. The lowest BCUT2D eigenvalue weighted by Gasteiger charge is -2.39. The SMILES string of the molecule is CCOC(CCNC(=O)N1CCC(O)(C(F)(F)F)CC1)C(C)C. The minimum Gasteiger partial charge on any atom is -0.380 e. The third-order valence-electron chi connectivity index (χ3n) is 4.23. The first-order valence-electron chi connectivity index (χ1n) is 8.04. The van der Waals surface area contributed by atoms with Crippen LogP contribution in [0.15, 0.2) is 0 Å². The highest BCUT2D eigenvalue weighted by atomic mass is 19.4. The Hall–Kier alpha value is -1.02. The van der Waals surface area contributed by atoms with Crippen LogP contribution in [-0.4, -0.2) is 60.2 Å². The first-order valence-corrected chi connectivity index (χ1v) is 8.04. The summed E-state index contributed by atoms with van der Waals surface area (Å²) in [5.41, 5.74) is -2.68. The molecule has 0 radical (unpaired) electrons. The van der Waals surface area contributed by atoms with E-state index < -0.39 is 30.7 Å². The molecule has 0 bridgehead atoms. The monoisotopic (exact) mass is 340 g/mol. The second-order valence-electron chi connectivity index (χ2n) is 6.27. The summed E-state index contributed by atoms with van der Waals surface area (Å²) < 4.78 is 43.7. The van der Waals surface area contributed by atoms with Crippen LogP contribution in [0, 0.1) is 5.92 Å². The molecule has 1 saturated heterocycles. The molecular weight excluding hydrogens is 313 g/mol. The van der Waals surface area contributed by atoms with Gasteiger partial charge < -0.3 is 20.1 Å². The van der Waals surface area contributed by atoms with Crippen molar-refractivity contribution in [2.75, 3.05) is 26.2 Å². The molecule has 1 fully saturated rings. The molecule has 1 atom stereocenters. The van der Waals surface area contributed by atoms with E-state index in [-0.39, 0.29) is 19.2 Å². The van der Waals surface area contributed by atoms with Gasteiger partial charge in [0.25, 0.3) is 0 Å². The van der Waals surface area contributed by atoms with Gasteiger partial charge in [-0.25, -0.2) is 4.79 Å². The van der Waals surface area contributed by atoms with Crippen molar-refractivity contribution < 1.29 is 27.8 Å². The summed E-state index contributed by atoms with van der Waals surface area (Å²) in [6.07, 6.45) is -4.94. The molecule has 0 aromatic carbocycles. The third-order valence-corrected chi connectivity index (χ3v) is 4.23. The fraction of sp³-hybridized carbons (Fsp3) is 0.933. The molecular formula is C15H27F3N2O3. The molecule has 0 aromatic rings. The molecule has 23 heavy (non-hydrogen) atoms. The minimum atomic E-state index is -4.66. The Morgan fingerprint density at radius 3 is 2.35 bits per heavy atom. The van der Waals surface area contributed by atoms with Crippen LogP contribution in [0.4, 0.5) is 18.0 Å². The highest BCUT2D eigenvalue weighted by molar-refractivity contribution is 5.74. The van der Waals surface area contributed by atoms with Crippen LogP contribution < -0.4 is 5.32 Å². The summed E-state index contributed by atoms with van der Waals surface area (Å²) in [4.78, 5) is 13.3. The molecule has 8 heteroatoms. The van der Waals surface area contributed by atoms with E-state index in [1.165, 1.54) is 4.90 Å². The maximum Gasteiger partial charge on any atom is 0.417 e. The molecule has 2 N–H and O–H groups in total. The second-order valence-corrected chi connectivity index (χ2v) is 6.27. The molecule has 1 unspecified atom stereocenters. The standard InChI is InChI=1S/C15H27F3N2O3/c1-4-23-12(11(2)3)5-8-19-13(21)20-9-6-14(22,7-10-20)15(16,17)18/h11-12,22H,4-10H2,1-3H3,(H,19,21). The number of rotatable bonds is 6. The number of ether oxygens (including phenoxy) is 1. The van der Waals surface area contributed by atoms with Gasteiger partial charge in [0.15, 0.2) is 5.60 Å². The Balaban J connectivity index is 2.37. The number of urea groups is 1. The predicted octanol–water partition coefficient (Wildman–Crippen LogP) is 2.54. The van der Waals surface area contributed by atoms with E-state index in [9.17, 15) is 23.1 Å². The zero-order chi connectivity index (χ0) is 17.7. The fourth-order valence-electron chi connectivity index (χ4n) is 2.62. The molecule has 5 nitrogen and oxygen atoms in total. The van der Waals surface area contributed by atoms with Gasteiger partial charge in [0.05, 0.1) is 6.10 Å². The van der Waals surface area contributed by atoms with Crippen molar-refractivity contribution in [3.8, 4) is 0 Å². The van der Waals surface area contributed by atoms with Gasteiger partial charge >= 0.3 is 12.2 Å². The van der Waals surface area contributed by atoms with Gasteiger partial charge in [-0.15, -0.1) is 0 Å². The van der Waals surface area contributed by atoms with Crippen molar-refractivity contribution in [3.05, 3.63) is 0 Å². The number of hydrogen-bond donors (Lipinski definition) is 2. The van der Waals surface area contributed by atoms with Crippen molar-refractivity contribution in [1.82, 2.24) is 10.2 Å². The highest BCUT2D eigenvalue weighted by Crippen LogP contribution is 2.38. The summed E-state index contributed by atoms with van der Waals surface area (Å²) in [5.74, 6) is 0.323. The normalized spacial score (nSPS) is 19.7. The Labute approximate surface area is 135 Å². The van der Waals surface area contributed by atoms with E-state index in [1.54, 1.807) is 0 Å². The van der Waals surface area contributed by atoms with Crippen molar-refractivity contribution >= 4 is 6.03 Å². The van der Waals surface area contributed by atoms with E-state index in [1.807, 2.05) is 20.8 Å². The molecule has 136 valence electrons. The van der Waals surface area contributed by atoms with Gasteiger partial charge in [-0.2, -0.15) is 13.2 Å². The number of nitrogens with one attached hydrogen (secondary N) is 1. The van der Waals surface area contributed by atoms with Crippen LogP contribution in [0.1, 0.15) is 40.0 Å². The van der Waals surface area contributed by atoms with Gasteiger partial charge in [0, 0.05) is 39.1 Å². The van der Waals surface area contributed by atoms with Crippen molar-refractivity contribution in [2.24, 2.45) is 5.92 Å². The maximum absolute atomic E-state index is 12.7. The van der Waals surface area contributed by atoms with Crippen LogP contribution in [0.5, 0.6) is 0 Å². The average Bonchev–Trinajstić information content (AvgIpc) is 2.45. The van der Waals surface area contributed by atoms with Crippen LogP contribution in [0.2, 0.25) is 0 Å². The lowest BCUT2D eigenvalue weighted by molar-refractivity contribution is -0.271. The maximum atomic E-state index is 12.7. The van der Waals surface area contributed by atoms with Crippen LogP contribution >= 0.6 is 0 Å². The number of piperidine rings is 1. The van der Waals surface area contributed by atoms with Crippen molar-refractivity contribution in [2.45, 2.75) is 57.9 Å². The fourth-order valence-corrected chi connectivity index (χ4v) is 2.62. The van der Waals surface area contributed by atoms with Crippen molar-refractivity contribution in [3.63, 3.8) is 0 Å². The number of amides is 2. The molecule has 1 aliphatic rings. The van der Waals surface area contributed by atoms with E-state index >= 15 is 0 Å². The number of nitrogens with zero attached hydrogens (tertiary/aromatic N) is 1. The Morgan fingerprint density at radius 1 is 1.35 bits per heavy atom. The summed E-state index contributed by atoms with van der Waals surface area (Å²) in [7, 11) is 0. The van der Waals surface area contributed by atoms with Crippen LogP contribution in [0.25, 0.3) is 0 Å². The molecule has 2 amide bonds.